The molecule has 0 aromatic rings. The number of halogens is 5. The summed E-state index contributed by atoms with van der Waals surface area (Å²) in [5, 5.41) is -2.16. The van der Waals surface area contributed by atoms with Gasteiger partial charge in [0.15, 0.2) is 0 Å². The second-order valence-electron chi connectivity index (χ2n) is 2.46. The van der Waals surface area contributed by atoms with Gasteiger partial charge in [0, 0.05) is 6.42 Å². The fourth-order valence-electron chi connectivity index (χ4n) is 0.804. The molecule has 5 heteroatoms. The van der Waals surface area contributed by atoms with Crippen molar-refractivity contribution in [2.24, 2.45) is 0 Å². The van der Waals surface area contributed by atoms with Gasteiger partial charge in [-0.15, -0.1) is 0 Å². The van der Waals surface area contributed by atoms with Crippen molar-refractivity contribution in [2.45, 2.75) is 17.7 Å². The predicted octanol–water partition coefficient (Wildman–Crippen LogP) is 3.34. The Morgan fingerprint density at radius 1 is 1.42 bits per heavy atom. The zero-order chi connectivity index (χ0) is 9.41. The quantitative estimate of drug-likeness (QED) is 0.416. The average Bonchev–Trinajstić information content (AvgIpc) is 1.83. The van der Waals surface area contributed by atoms with E-state index in [-0.39, 0.29) is 0 Å². The summed E-state index contributed by atoms with van der Waals surface area (Å²) in [4.78, 5) is 0. The van der Waals surface area contributed by atoms with Gasteiger partial charge in [0.1, 0.15) is 0 Å². The highest BCUT2D eigenvalue weighted by atomic mass is 35.5. The maximum Gasteiger partial charge on any atom is 0.416 e. The first kappa shape index (κ1) is 9.58. The summed E-state index contributed by atoms with van der Waals surface area (Å²) < 4.78 is 48.4. The van der Waals surface area contributed by atoms with Gasteiger partial charge in [0.05, 0.1) is 5.57 Å². The Labute approximate surface area is 71.5 Å². The van der Waals surface area contributed by atoms with Gasteiger partial charge in [-0.05, 0) is 12.2 Å². The molecule has 0 aliphatic heterocycles. The molecule has 1 atom stereocenters. The molecule has 0 N–H and O–H groups in total. The van der Waals surface area contributed by atoms with E-state index in [0.717, 1.165) is 6.08 Å². The van der Waals surface area contributed by atoms with E-state index in [0.29, 0.717) is 12.2 Å². The zero-order valence-electron chi connectivity index (χ0n) is 5.83. The molecule has 0 bridgehead atoms. The summed E-state index contributed by atoms with van der Waals surface area (Å²) in [7, 11) is 0. The lowest BCUT2D eigenvalue weighted by atomic mass is 10.1. The van der Waals surface area contributed by atoms with E-state index in [1.54, 1.807) is 0 Å². The second-order valence-corrected chi connectivity index (χ2v) is 3.08. The van der Waals surface area contributed by atoms with E-state index >= 15 is 0 Å². The lowest BCUT2D eigenvalue weighted by Gasteiger charge is -2.17. The lowest BCUT2D eigenvalue weighted by Crippen LogP contribution is -2.18. The number of rotatable bonds is 0. The van der Waals surface area contributed by atoms with Crippen LogP contribution in [0.25, 0.3) is 0 Å². The van der Waals surface area contributed by atoms with Crippen molar-refractivity contribution in [3.05, 3.63) is 23.8 Å². The van der Waals surface area contributed by atoms with Crippen LogP contribution in [0, 0.1) is 0 Å². The Bertz CT molecular complexity index is 236. The molecule has 1 rings (SSSR count). The lowest BCUT2D eigenvalue weighted by molar-refractivity contribution is -0.0888. The Balaban J connectivity index is 2.78. The second kappa shape index (κ2) is 2.76. The molecule has 0 amide bonds. The van der Waals surface area contributed by atoms with Crippen molar-refractivity contribution in [3.8, 4) is 0 Å². The molecule has 0 fully saturated rings. The van der Waals surface area contributed by atoms with Crippen molar-refractivity contribution in [3.63, 3.8) is 0 Å². The van der Waals surface area contributed by atoms with E-state index in [9.17, 15) is 17.6 Å². The van der Waals surface area contributed by atoms with E-state index in [1.807, 2.05) is 0 Å². The SMILES string of the molecule is FC1(Cl)C=CC(C(F)(F)F)=CC1. The van der Waals surface area contributed by atoms with Crippen molar-refractivity contribution in [1.29, 1.82) is 0 Å². The fraction of sp³-hybridized carbons (Fsp3) is 0.429. The van der Waals surface area contributed by atoms with Crippen LogP contribution >= 0.6 is 11.6 Å². The Kier molecular flexibility index (Phi) is 2.21. The summed E-state index contributed by atoms with van der Waals surface area (Å²) in [6, 6.07) is 0. The minimum atomic E-state index is -4.41. The normalized spacial score (nSPS) is 30.2. The maximum atomic E-state index is 12.7. The number of hydrogen-bond acceptors (Lipinski definition) is 0. The molecule has 0 aromatic heterocycles. The van der Waals surface area contributed by atoms with Gasteiger partial charge in [-0.3, -0.25) is 0 Å². The van der Waals surface area contributed by atoms with Gasteiger partial charge in [-0.2, -0.15) is 13.2 Å². The molecule has 0 saturated heterocycles. The minimum Gasteiger partial charge on any atom is -0.221 e. The van der Waals surface area contributed by atoms with Gasteiger partial charge in [-0.1, -0.05) is 17.7 Å². The molecule has 0 saturated carbocycles. The Morgan fingerprint density at radius 3 is 2.33 bits per heavy atom. The number of allylic oxidation sites excluding steroid dienone is 4. The predicted molar refractivity (Wildman–Crippen MR) is 37.6 cm³/mol. The molecule has 0 nitrogen and oxygen atoms in total. The Morgan fingerprint density at radius 2 is 2.00 bits per heavy atom. The van der Waals surface area contributed by atoms with E-state index in [2.05, 4.69) is 0 Å². The smallest absolute Gasteiger partial charge is 0.221 e. The van der Waals surface area contributed by atoms with Crippen molar-refractivity contribution < 1.29 is 17.6 Å². The molecule has 0 spiro atoms. The third-order valence-corrected chi connectivity index (χ3v) is 1.71. The van der Waals surface area contributed by atoms with Crippen LogP contribution in [0.2, 0.25) is 0 Å². The van der Waals surface area contributed by atoms with Crippen LogP contribution in [0.5, 0.6) is 0 Å². The van der Waals surface area contributed by atoms with Crippen molar-refractivity contribution in [1.82, 2.24) is 0 Å². The largest absolute Gasteiger partial charge is 0.416 e. The third kappa shape index (κ3) is 2.24. The molecule has 0 aromatic carbocycles. The van der Waals surface area contributed by atoms with Gasteiger partial charge < -0.3 is 0 Å². The van der Waals surface area contributed by atoms with Crippen LogP contribution in [0.1, 0.15) is 6.42 Å². The highest BCUT2D eigenvalue weighted by Gasteiger charge is 2.35. The van der Waals surface area contributed by atoms with Crippen LogP contribution < -0.4 is 0 Å². The van der Waals surface area contributed by atoms with Crippen LogP contribution in [-0.2, 0) is 0 Å². The molecular weight excluding hydrogens is 196 g/mol. The van der Waals surface area contributed by atoms with Crippen molar-refractivity contribution >= 4 is 11.6 Å². The van der Waals surface area contributed by atoms with Crippen LogP contribution in [0.3, 0.4) is 0 Å². The highest BCUT2D eigenvalue weighted by Crippen LogP contribution is 2.35. The average molecular weight is 201 g/mol. The maximum absolute atomic E-state index is 12.7. The van der Waals surface area contributed by atoms with Crippen LogP contribution in [0.4, 0.5) is 17.6 Å². The van der Waals surface area contributed by atoms with E-state index in [1.165, 1.54) is 0 Å². The topological polar surface area (TPSA) is 0 Å². The minimum absolute atomic E-state index is 0.445. The van der Waals surface area contributed by atoms with Gasteiger partial charge >= 0.3 is 6.18 Å². The molecule has 1 aliphatic rings. The molecular formula is C7H5ClF4. The summed E-state index contributed by atoms with van der Waals surface area (Å²) in [6.07, 6.45) is -2.76. The fourth-order valence-corrected chi connectivity index (χ4v) is 0.944. The highest BCUT2D eigenvalue weighted by molar-refractivity contribution is 6.24. The summed E-state index contributed by atoms with van der Waals surface area (Å²) in [6.45, 7) is 0. The Hall–Kier alpha value is -0.510. The summed E-state index contributed by atoms with van der Waals surface area (Å²) in [5.74, 6) is 0. The van der Waals surface area contributed by atoms with Crippen LogP contribution in [-0.4, -0.2) is 11.3 Å². The summed E-state index contributed by atoms with van der Waals surface area (Å²) in [5.41, 5.74) is -0.851. The van der Waals surface area contributed by atoms with Crippen molar-refractivity contribution in [2.75, 3.05) is 0 Å². The van der Waals surface area contributed by atoms with Gasteiger partial charge in [-0.25, -0.2) is 4.39 Å². The van der Waals surface area contributed by atoms with Gasteiger partial charge in [0.25, 0.3) is 0 Å². The van der Waals surface area contributed by atoms with Crippen LogP contribution in [0.15, 0.2) is 23.8 Å². The molecule has 12 heavy (non-hydrogen) atoms. The first-order valence-corrected chi connectivity index (χ1v) is 3.53. The standard InChI is InChI=1S/C7H5ClF4/c8-6(9)3-1-5(2-4-6)7(10,11)12/h1-3H,4H2. The number of hydrogen-bond donors (Lipinski definition) is 0. The first-order valence-electron chi connectivity index (χ1n) is 3.16. The number of alkyl halides is 5. The molecule has 1 unspecified atom stereocenters. The molecule has 68 valence electrons. The first-order chi connectivity index (χ1) is 5.31. The third-order valence-electron chi connectivity index (χ3n) is 1.43. The summed E-state index contributed by atoms with van der Waals surface area (Å²) >= 11 is 5.12. The zero-order valence-corrected chi connectivity index (χ0v) is 6.58. The van der Waals surface area contributed by atoms with E-state index < -0.39 is 23.3 Å². The van der Waals surface area contributed by atoms with Gasteiger partial charge in [0.2, 0.25) is 5.13 Å². The molecule has 0 heterocycles. The van der Waals surface area contributed by atoms with E-state index in [4.69, 9.17) is 11.6 Å². The molecule has 0 radical (unpaired) electrons. The monoisotopic (exact) mass is 200 g/mol. The molecule has 1 aliphatic carbocycles.